The normalized spacial score (nSPS) is 11.5. The van der Waals surface area contributed by atoms with E-state index in [4.69, 9.17) is 26.2 Å². The molecule has 0 spiro atoms. The van der Waals surface area contributed by atoms with Crippen molar-refractivity contribution in [3.8, 4) is 11.5 Å². The molecule has 1 atom stereocenters. The highest BCUT2D eigenvalue weighted by atomic mass is 35.5. The number of nitrogens with one attached hydrogen (secondary N) is 1. The van der Waals surface area contributed by atoms with Crippen LogP contribution in [0.5, 0.6) is 11.5 Å². The first kappa shape index (κ1) is 15.1. The zero-order valence-corrected chi connectivity index (χ0v) is 11.2. The molecule has 104 valence electrons. The molecule has 0 aliphatic heterocycles. The lowest BCUT2D eigenvalue weighted by Gasteiger charge is -2.18. The molecule has 0 aromatic heterocycles. The molecule has 6 nitrogen and oxygen atoms in total. The van der Waals surface area contributed by atoms with Crippen molar-refractivity contribution < 1.29 is 24.2 Å². The zero-order chi connectivity index (χ0) is 14.4. The molecular weight excluding hydrogens is 274 g/mol. The minimum atomic E-state index is -1.05. The number of methoxy groups -OCH3 is 2. The van der Waals surface area contributed by atoms with E-state index in [1.165, 1.54) is 14.2 Å². The number of hydrogen-bond acceptors (Lipinski definition) is 4. The first-order valence-corrected chi connectivity index (χ1v) is 5.74. The number of hydrogen-bond donors (Lipinski definition) is 2. The molecule has 1 aromatic rings. The van der Waals surface area contributed by atoms with Crippen LogP contribution in [0.15, 0.2) is 12.1 Å². The number of halogens is 1. The topological polar surface area (TPSA) is 84.9 Å². The Balaban J connectivity index is 3.23. The Kier molecular flexibility index (Phi) is 5.44. The maximum Gasteiger partial charge on any atom is 0.305 e. The van der Waals surface area contributed by atoms with E-state index in [9.17, 15) is 9.59 Å². The van der Waals surface area contributed by atoms with E-state index in [1.54, 1.807) is 12.1 Å². The molecular formula is C12H14ClNO5. The Morgan fingerprint density at radius 2 is 2.16 bits per heavy atom. The van der Waals surface area contributed by atoms with E-state index in [2.05, 4.69) is 5.32 Å². The number of carbonyl (C=O) groups is 2. The SMILES string of the molecule is COc1ccc([C@@H](CC(=O)O)NC=O)c(Cl)c1OC. The molecule has 0 bridgehead atoms. The number of amides is 1. The van der Waals surface area contributed by atoms with Gasteiger partial charge in [0, 0.05) is 0 Å². The molecule has 0 saturated heterocycles. The molecule has 2 N–H and O–H groups in total. The van der Waals surface area contributed by atoms with Crippen LogP contribution in [0.2, 0.25) is 5.02 Å². The molecule has 1 rings (SSSR count). The fourth-order valence-corrected chi connectivity index (χ4v) is 2.05. The number of carboxylic acid groups (broad SMARTS) is 1. The van der Waals surface area contributed by atoms with E-state index in [0.29, 0.717) is 23.5 Å². The Labute approximate surface area is 115 Å². The third-order valence-corrected chi connectivity index (χ3v) is 2.93. The van der Waals surface area contributed by atoms with Crippen molar-refractivity contribution >= 4 is 24.0 Å². The van der Waals surface area contributed by atoms with Gasteiger partial charge in [-0.25, -0.2) is 0 Å². The van der Waals surface area contributed by atoms with Crippen LogP contribution in [-0.4, -0.2) is 31.7 Å². The smallest absolute Gasteiger partial charge is 0.305 e. The predicted octanol–water partition coefficient (Wildman–Crippen LogP) is 1.62. The highest BCUT2D eigenvalue weighted by molar-refractivity contribution is 6.33. The third-order valence-electron chi connectivity index (χ3n) is 2.54. The molecule has 1 aromatic carbocycles. The van der Waals surface area contributed by atoms with Gasteiger partial charge < -0.3 is 19.9 Å². The standard InChI is InChI=1S/C12H14ClNO5/c1-18-9-4-3-7(11(13)12(9)19-2)8(14-6-15)5-10(16)17/h3-4,6,8H,5H2,1-2H3,(H,14,15)(H,16,17)/t8-/m1/s1. The summed E-state index contributed by atoms with van der Waals surface area (Å²) in [6, 6.07) is 2.46. The summed E-state index contributed by atoms with van der Waals surface area (Å²) in [5.74, 6) is -0.327. The van der Waals surface area contributed by atoms with Crippen molar-refractivity contribution in [2.75, 3.05) is 14.2 Å². The van der Waals surface area contributed by atoms with E-state index in [1.807, 2.05) is 0 Å². The number of aliphatic carboxylic acids is 1. The highest BCUT2D eigenvalue weighted by Gasteiger charge is 2.21. The lowest BCUT2D eigenvalue weighted by Crippen LogP contribution is -2.22. The second-order valence-electron chi connectivity index (χ2n) is 3.64. The van der Waals surface area contributed by atoms with Gasteiger partial charge in [0.2, 0.25) is 6.41 Å². The summed E-state index contributed by atoms with van der Waals surface area (Å²) in [5, 5.41) is 11.5. The first-order valence-electron chi connectivity index (χ1n) is 5.37. The molecule has 0 heterocycles. The summed E-state index contributed by atoms with van der Waals surface area (Å²) in [6.45, 7) is 0. The van der Waals surface area contributed by atoms with Crippen LogP contribution in [0.4, 0.5) is 0 Å². The molecule has 0 aliphatic rings. The van der Waals surface area contributed by atoms with Gasteiger partial charge in [0.25, 0.3) is 0 Å². The van der Waals surface area contributed by atoms with E-state index >= 15 is 0 Å². The van der Waals surface area contributed by atoms with Gasteiger partial charge in [-0.05, 0) is 11.6 Å². The van der Waals surface area contributed by atoms with Crippen molar-refractivity contribution in [3.63, 3.8) is 0 Å². The summed E-state index contributed by atoms with van der Waals surface area (Å²) >= 11 is 6.15. The average Bonchev–Trinajstić information content (AvgIpc) is 2.37. The third kappa shape index (κ3) is 3.51. The van der Waals surface area contributed by atoms with Crippen LogP contribution in [0.3, 0.4) is 0 Å². The summed E-state index contributed by atoms with van der Waals surface area (Å²) in [4.78, 5) is 21.3. The molecule has 1 amide bonds. The maximum absolute atomic E-state index is 10.8. The Morgan fingerprint density at radius 3 is 2.63 bits per heavy atom. The van der Waals surface area contributed by atoms with Gasteiger partial charge in [0.1, 0.15) is 0 Å². The minimum Gasteiger partial charge on any atom is -0.493 e. The fourth-order valence-electron chi connectivity index (χ4n) is 1.69. The number of ether oxygens (including phenoxy) is 2. The van der Waals surface area contributed by atoms with Gasteiger partial charge in [0.15, 0.2) is 11.5 Å². The zero-order valence-electron chi connectivity index (χ0n) is 10.5. The average molecular weight is 288 g/mol. The van der Waals surface area contributed by atoms with Crippen molar-refractivity contribution in [1.29, 1.82) is 0 Å². The van der Waals surface area contributed by atoms with Crippen LogP contribution < -0.4 is 14.8 Å². The number of benzene rings is 1. The Bertz CT molecular complexity index is 477. The molecule has 19 heavy (non-hydrogen) atoms. The number of carbonyl (C=O) groups excluding carboxylic acids is 1. The van der Waals surface area contributed by atoms with Crippen LogP contribution in [0.25, 0.3) is 0 Å². The first-order chi connectivity index (χ1) is 9.04. The number of rotatable bonds is 7. The van der Waals surface area contributed by atoms with Gasteiger partial charge in [-0.3, -0.25) is 9.59 Å². The van der Waals surface area contributed by atoms with Gasteiger partial charge in [-0.2, -0.15) is 0 Å². The van der Waals surface area contributed by atoms with Crippen LogP contribution in [-0.2, 0) is 9.59 Å². The monoisotopic (exact) mass is 287 g/mol. The molecule has 0 fully saturated rings. The fraction of sp³-hybridized carbons (Fsp3) is 0.333. The maximum atomic E-state index is 10.8. The molecule has 0 aliphatic carbocycles. The van der Waals surface area contributed by atoms with Gasteiger partial charge in [0.05, 0.1) is 31.7 Å². The van der Waals surface area contributed by atoms with Crippen LogP contribution in [0, 0.1) is 0 Å². The van der Waals surface area contributed by atoms with Crippen molar-refractivity contribution in [2.45, 2.75) is 12.5 Å². The Hall–Kier alpha value is -1.95. The van der Waals surface area contributed by atoms with E-state index in [0.717, 1.165) is 0 Å². The number of carboxylic acids is 1. The molecule has 0 unspecified atom stereocenters. The minimum absolute atomic E-state index is 0.211. The lowest BCUT2D eigenvalue weighted by atomic mass is 10.0. The molecule has 0 saturated carbocycles. The molecule has 0 radical (unpaired) electrons. The van der Waals surface area contributed by atoms with Gasteiger partial charge in [-0.15, -0.1) is 0 Å². The largest absolute Gasteiger partial charge is 0.493 e. The summed E-state index contributed by atoms with van der Waals surface area (Å²) < 4.78 is 10.2. The Morgan fingerprint density at radius 1 is 1.47 bits per heavy atom. The lowest BCUT2D eigenvalue weighted by molar-refractivity contribution is -0.137. The van der Waals surface area contributed by atoms with Crippen molar-refractivity contribution in [1.82, 2.24) is 5.32 Å². The van der Waals surface area contributed by atoms with Crippen molar-refractivity contribution in [2.24, 2.45) is 0 Å². The highest BCUT2D eigenvalue weighted by Crippen LogP contribution is 2.40. The van der Waals surface area contributed by atoms with Crippen molar-refractivity contribution in [3.05, 3.63) is 22.7 Å². The summed E-state index contributed by atoms with van der Waals surface area (Å²) in [6.07, 6.45) is 0.147. The quantitative estimate of drug-likeness (QED) is 0.744. The summed E-state index contributed by atoms with van der Waals surface area (Å²) in [7, 11) is 2.89. The molecule has 7 heteroatoms. The second kappa shape index (κ2) is 6.84. The van der Waals surface area contributed by atoms with Crippen LogP contribution in [0.1, 0.15) is 18.0 Å². The van der Waals surface area contributed by atoms with Gasteiger partial charge >= 0.3 is 5.97 Å². The predicted molar refractivity (Wildman–Crippen MR) is 68.7 cm³/mol. The van der Waals surface area contributed by atoms with Crippen LogP contribution >= 0.6 is 11.6 Å². The van der Waals surface area contributed by atoms with E-state index < -0.39 is 12.0 Å². The second-order valence-corrected chi connectivity index (χ2v) is 4.02. The van der Waals surface area contributed by atoms with E-state index in [-0.39, 0.29) is 11.4 Å². The van der Waals surface area contributed by atoms with Gasteiger partial charge in [-0.1, -0.05) is 17.7 Å². The summed E-state index contributed by atoms with van der Waals surface area (Å²) in [5.41, 5.74) is 0.453.